The van der Waals surface area contributed by atoms with Gasteiger partial charge in [-0.05, 0) is 13.8 Å². The lowest BCUT2D eigenvalue weighted by Gasteiger charge is -2.37. The van der Waals surface area contributed by atoms with E-state index in [-0.39, 0.29) is 16.6 Å². The van der Waals surface area contributed by atoms with Gasteiger partial charge in [-0.25, -0.2) is 5.43 Å². The number of carbonyl (C=O) groups is 2. The van der Waals surface area contributed by atoms with Gasteiger partial charge in [-0.3, -0.25) is 9.59 Å². The van der Waals surface area contributed by atoms with E-state index in [0.29, 0.717) is 18.6 Å². The van der Waals surface area contributed by atoms with Gasteiger partial charge < -0.3 is 4.90 Å². The molecule has 2 amide bonds. The van der Waals surface area contributed by atoms with Crippen LogP contribution in [0.1, 0.15) is 26.7 Å². The van der Waals surface area contributed by atoms with E-state index in [0.717, 1.165) is 18.8 Å². The van der Waals surface area contributed by atoms with Gasteiger partial charge in [0.1, 0.15) is 5.71 Å². The number of amides is 2. The normalized spacial score (nSPS) is 24.0. The summed E-state index contributed by atoms with van der Waals surface area (Å²) in [4.78, 5) is 25.0. The summed E-state index contributed by atoms with van der Waals surface area (Å²) in [5.74, 6) is 0.813. The average molecular weight is 255 g/mol. The van der Waals surface area contributed by atoms with Crippen LogP contribution in [0.5, 0.6) is 0 Å². The van der Waals surface area contributed by atoms with E-state index in [4.69, 9.17) is 0 Å². The Balaban J connectivity index is 2.02. The summed E-state index contributed by atoms with van der Waals surface area (Å²) in [6.07, 6.45) is 0.811. The zero-order valence-electron chi connectivity index (χ0n) is 10.2. The second-order valence-electron chi connectivity index (χ2n) is 4.93. The Morgan fingerprint density at radius 1 is 1.47 bits per heavy atom. The number of hydrazone groups is 1. The third-order valence-corrected chi connectivity index (χ3v) is 4.16. The lowest BCUT2D eigenvalue weighted by molar-refractivity contribution is -0.124. The fourth-order valence-electron chi connectivity index (χ4n) is 2.00. The summed E-state index contributed by atoms with van der Waals surface area (Å²) in [5, 5.41) is 3.85. The predicted octanol–water partition coefficient (Wildman–Crippen LogP) is 0.606. The molecule has 1 saturated heterocycles. The van der Waals surface area contributed by atoms with Crippen LogP contribution in [0, 0.1) is 0 Å². The summed E-state index contributed by atoms with van der Waals surface area (Å²) >= 11 is 1.89. The van der Waals surface area contributed by atoms with E-state index in [2.05, 4.69) is 24.4 Å². The van der Waals surface area contributed by atoms with Crippen molar-refractivity contribution < 1.29 is 9.59 Å². The SMILES string of the molecule is CC1(C)CN(C(=O)C2=NNC(=O)CC2)CCS1. The summed E-state index contributed by atoms with van der Waals surface area (Å²) in [6.45, 7) is 5.78. The van der Waals surface area contributed by atoms with Crippen molar-refractivity contribution in [1.29, 1.82) is 0 Å². The maximum atomic E-state index is 12.2. The van der Waals surface area contributed by atoms with Crippen molar-refractivity contribution in [3.8, 4) is 0 Å². The molecule has 0 aliphatic carbocycles. The highest BCUT2D eigenvalue weighted by Gasteiger charge is 2.32. The summed E-state index contributed by atoms with van der Waals surface area (Å²) in [7, 11) is 0. The van der Waals surface area contributed by atoms with E-state index in [9.17, 15) is 9.59 Å². The third kappa shape index (κ3) is 3.00. The number of rotatable bonds is 1. The highest BCUT2D eigenvalue weighted by molar-refractivity contribution is 8.00. The van der Waals surface area contributed by atoms with Gasteiger partial charge in [0, 0.05) is 36.4 Å². The zero-order valence-corrected chi connectivity index (χ0v) is 11.0. The zero-order chi connectivity index (χ0) is 12.5. The Hall–Kier alpha value is -1.04. The van der Waals surface area contributed by atoms with Gasteiger partial charge in [0.05, 0.1) is 0 Å². The standard InChI is InChI=1S/C11H17N3O2S/c1-11(2)7-14(5-6-17-11)10(16)8-3-4-9(15)13-12-8/h3-7H2,1-2H3,(H,13,15). The fraction of sp³-hybridized carbons (Fsp3) is 0.727. The van der Waals surface area contributed by atoms with E-state index in [1.165, 1.54) is 0 Å². The van der Waals surface area contributed by atoms with Gasteiger partial charge in [0.2, 0.25) is 5.91 Å². The molecule has 2 rings (SSSR count). The Labute approximate surface area is 105 Å². The average Bonchev–Trinajstić information content (AvgIpc) is 2.28. The molecule has 2 aliphatic heterocycles. The first kappa shape index (κ1) is 12.4. The van der Waals surface area contributed by atoms with Crippen LogP contribution in [-0.2, 0) is 9.59 Å². The molecular formula is C11H17N3O2S. The third-order valence-electron chi connectivity index (χ3n) is 2.86. The molecule has 5 nitrogen and oxygen atoms in total. The van der Waals surface area contributed by atoms with Crippen molar-refractivity contribution in [1.82, 2.24) is 10.3 Å². The first-order chi connectivity index (χ1) is 7.98. The highest BCUT2D eigenvalue weighted by atomic mass is 32.2. The van der Waals surface area contributed by atoms with Gasteiger partial charge in [-0.2, -0.15) is 16.9 Å². The molecule has 1 N–H and O–H groups in total. The molecule has 0 atom stereocenters. The Bertz CT molecular complexity index is 379. The van der Waals surface area contributed by atoms with E-state index >= 15 is 0 Å². The van der Waals surface area contributed by atoms with Gasteiger partial charge >= 0.3 is 0 Å². The van der Waals surface area contributed by atoms with Crippen LogP contribution in [-0.4, -0.2) is 46.0 Å². The van der Waals surface area contributed by atoms with Crippen molar-refractivity contribution in [3.05, 3.63) is 0 Å². The number of nitrogens with zero attached hydrogens (tertiary/aromatic N) is 2. The van der Waals surface area contributed by atoms with Crippen molar-refractivity contribution >= 4 is 29.3 Å². The lowest BCUT2D eigenvalue weighted by atomic mass is 10.1. The number of hydrogen-bond donors (Lipinski definition) is 1. The molecule has 0 aromatic carbocycles. The van der Waals surface area contributed by atoms with E-state index in [1.807, 2.05) is 16.7 Å². The van der Waals surface area contributed by atoms with Crippen LogP contribution < -0.4 is 5.43 Å². The maximum Gasteiger partial charge on any atom is 0.270 e. The van der Waals surface area contributed by atoms with Crippen LogP contribution in [0.2, 0.25) is 0 Å². The molecule has 17 heavy (non-hydrogen) atoms. The smallest absolute Gasteiger partial charge is 0.270 e. The van der Waals surface area contributed by atoms with Crippen molar-refractivity contribution in [2.45, 2.75) is 31.4 Å². The number of hydrogen-bond acceptors (Lipinski definition) is 4. The largest absolute Gasteiger partial charge is 0.335 e. The van der Waals surface area contributed by atoms with Crippen molar-refractivity contribution in [2.24, 2.45) is 5.10 Å². The van der Waals surface area contributed by atoms with Gasteiger partial charge in [-0.15, -0.1) is 0 Å². The molecule has 2 aliphatic rings. The van der Waals surface area contributed by atoms with Crippen LogP contribution >= 0.6 is 11.8 Å². The molecule has 0 spiro atoms. The molecule has 0 aromatic rings. The molecule has 94 valence electrons. The van der Waals surface area contributed by atoms with Crippen LogP contribution in [0.3, 0.4) is 0 Å². The van der Waals surface area contributed by atoms with Crippen LogP contribution in [0.15, 0.2) is 5.10 Å². The quantitative estimate of drug-likeness (QED) is 0.746. The summed E-state index contributed by atoms with van der Waals surface area (Å²) in [6, 6.07) is 0. The minimum atomic E-state index is -0.115. The topological polar surface area (TPSA) is 61.8 Å². The minimum absolute atomic E-state index is 0.0293. The van der Waals surface area contributed by atoms with Crippen LogP contribution in [0.25, 0.3) is 0 Å². The second-order valence-corrected chi connectivity index (χ2v) is 6.73. The molecule has 0 saturated carbocycles. The highest BCUT2D eigenvalue weighted by Crippen LogP contribution is 2.29. The fourth-order valence-corrected chi connectivity index (χ4v) is 3.11. The Morgan fingerprint density at radius 3 is 2.82 bits per heavy atom. The number of carbonyl (C=O) groups excluding carboxylic acids is 2. The molecule has 6 heteroatoms. The van der Waals surface area contributed by atoms with E-state index in [1.54, 1.807) is 0 Å². The summed E-state index contributed by atoms with van der Waals surface area (Å²) in [5.41, 5.74) is 2.85. The number of nitrogens with one attached hydrogen (secondary N) is 1. The Kier molecular flexibility index (Phi) is 3.42. The summed E-state index contributed by atoms with van der Waals surface area (Å²) < 4.78 is 0.104. The van der Waals surface area contributed by atoms with Crippen molar-refractivity contribution in [2.75, 3.05) is 18.8 Å². The molecule has 0 aromatic heterocycles. The number of thioether (sulfide) groups is 1. The first-order valence-corrected chi connectivity index (χ1v) is 6.75. The lowest BCUT2D eigenvalue weighted by Crippen LogP contribution is -2.49. The second kappa shape index (κ2) is 4.68. The maximum absolute atomic E-state index is 12.2. The predicted molar refractivity (Wildman–Crippen MR) is 67.9 cm³/mol. The van der Waals surface area contributed by atoms with Crippen molar-refractivity contribution in [3.63, 3.8) is 0 Å². The minimum Gasteiger partial charge on any atom is -0.335 e. The molecule has 0 radical (unpaired) electrons. The Morgan fingerprint density at radius 2 is 2.24 bits per heavy atom. The molecule has 0 unspecified atom stereocenters. The van der Waals surface area contributed by atoms with E-state index < -0.39 is 0 Å². The van der Waals surface area contributed by atoms with Gasteiger partial charge in [0.15, 0.2) is 0 Å². The van der Waals surface area contributed by atoms with Gasteiger partial charge in [-0.1, -0.05) is 0 Å². The molecule has 0 bridgehead atoms. The molecule has 2 heterocycles. The molecular weight excluding hydrogens is 238 g/mol. The van der Waals surface area contributed by atoms with Gasteiger partial charge in [0.25, 0.3) is 5.91 Å². The first-order valence-electron chi connectivity index (χ1n) is 5.76. The van der Waals surface area contributed by atoms with Crippen LogP contribution in [0.4, 0.5) is 0 Å². The monoisotopic (exact) mass is 255 g/mol. The molecule has 1 fully saturated rings.